The monoisotopic (exact) mass is 282 g/mol. The summed E-state index contributed by atoms with van der Waals surface area (Å²) in [7, 11) is 0. The van der Waals surface area contributed by atoms with Crippen LogP contribution in [0, 0.1) is 13.8 Å². The Morgan fingerprint density at radius 2 is 1.95 bits per heavy atom. The Morgan fingerprint density at radius 3 is 2.71 bits per heavy atom. The molecule has 3 rings (SSSR count). The molecule has 108 valence electrons. The maximum atomic E-state index is 12.1. The van der Waals surface area contributed by atoms with Crippen LogP contribution >= 0.6 is 0 Å². The molecule has 1 amide bonds. The van der Waals surface area contributed by atoms with Crippen LogP contribution in [0.4, 0.5) is 11.4 Å². The Morgan fingerprint density at radius 1 is 1.14 bits per heavy atom. The summed E-state index contributed by atoms with van der Waals surface area (Å²) in [4.78, 5) is 12.1. The number of rotatable bonds is 2. The molecule has 0 spiro atoms. The predicted octanol–water partition coefficient (Wildman–Crippen LogP) is 2.83. The lowest BCUT2D eigenvalue weighted by Crippen LogP contribution is -2.38. The number of benzene rings is 2. The first-order valence-corrected chi connectivity index (χ1v) is 6.96. The molecule has 1 aliphatic heterocycles. The molecule has 1 heterocycles. The number of nitrogens with two attached hydrogens (primary N) is 1. The van der Waals surface area contributed by atoms with E-state index in [-0.39, 0.29) is 5.91 Å². The maximum Gasteiger partial charge on any atom is 0.265 e. The minimum absolute atomic E-state index is 0.120. The number of amides is 1. The smallest absolute Gasteiger partial charge is 0.265 e. The molecule has 1 atom stereocenters. The van der Waals surface area contributed by atoms with Crippen LogP contribution in [0.1, 0.15) is 16.7 Å². The number of nitrogens with one attached hydrogen (secondary N) is 1. The minimum Gasteiger partial charge on any atom is -0.478 e. The highest BCUT2D eigenvalue weighted by Crippen LogP contribution is 2.32. The summed E-state index contributed by atoms with van der Waals surface area (Å²) >= 11 is 0. The number of hydrogen-bond acceptors (Lipinski definition) is 3. The van der Waals surface area contributed by atoms with E-state index in [2.05, 4.69) is 31.3 Å². The molecule has 4 heteroatoms. The van der Waals surface area contributed by atoms with Gasteiger partial charge in [-0.25, -0.2) is 0 Å². The summed E-state index contributed by atoms with van der Waals surface area (Å²) in [6.07, 6.45) is 0.0164. The molecular weight excluding hydrogens is 264 g/mol. The summed E-state index contributed by atoms with van der Waals surface area (Å²) in [6, 6.07) is 11.4. The van der Waals surface area contributed by atoms with Crippen LogP contribution in [0.5, 0.6) is 5.75 Å². The second-order valence-corrected chi connectivity index (χ2v) is 5.47. The first kappa shape index (κ1) is 13.5. The van der Waals surface area contributed by atoms with Crippen LogP contribution in [-0.4, -0.2) is 12.0 Å². The largest absolute Gasteiger partial charge is 0.478 e. The summed E-state index contributed by atoms with van der Waals surface area (Å²) in [5.74, 6) is 0.508. The van der Waals surface area contributed by atoms with Gasteiger partial charge in [0.1, 0.15) is 5.75 Å². The molecule has 0 saturated heterocycles. The first-order chi connectivity index (χ1) is 10.0. The molecule has 21 heavy (non-hydrogen) atoms. The molecule has 1 aliphatic rings. The third-order valence-corrected chi connectivity index (χ3v) is 3.82. The van der Waals surface area contributed by atoms with Gasteiger partial charge in [-0.3, -0.25) is 4.79 Å². The topological polar surface area (TPSA) is 64.3 Å². The fourth-order valence-corrected chi connectivity index (χ4v) is 2.44. The van der Waals surface area contributed by atoms with Crippen molar-refractivity contribution >= 4 is 17.3 Å². The van der Waals surface area contributed by atoms with E-state index < -0.39 is 6.10 Å². The number of anilines is 2. The third-order valence-electron chi connectivity index (χ3n) is 3.82. The molecule has 0 saturated carbocycles. The lowest BCUT2D eigenvalue weighted by Gasteiger charge is -2.26. The van der Waals surface area contributed by atoms with Crippen molar-refractivity contribution in [1.29, 1.82) is 0 Å². The van der Waals surface area contributed by atoms with Crippen molar-refractivity contribution in [1.82, 2.24) is 0 Å². The van der Waals surface area contributed by atoms with Gasteiger partial charge in [0.2, 0.25) is 0 Å². The van der Waals surface area contributed by atoms with Gasteiger partial charge in [0.05, 0.1) is 5.69 Å². The number of fused-ring (bicyclic) bond motifs is 1. The predicted molar refractivity (Wildman–Crippen MR) is 83.5 cm³/mol. The fourth-order valence-electron chi connectivity index (χ4n) is 2.44. The van der Waals surface area contributed by atoms with Gasteiger partial charge >= 0.3 is 0 Å². The maximum absolute atomic E-state index is 12.1. The minimum atomic E-state index is -0.526. The van der Waals surface area contributed by atoms with Crippen molar-refractivity contribution < 1.29 is 9.53 Å². The normalized spacial score (nSPS) is 16.9. The van der Waals surface area contributed by atoms with Crippen molar-refractivity contribution in [3.63, 3.8) is 0 Å². The zero-order chi connectivity index (χ0) is 15.0. The molecule has 1 unspecified atom stereocenters. The highest BCUT2D eigenvalue weighted by Gasteiger charge is 2.27. The second-order valence-electron chi connectivity index (χ2n) is 5.47. The van der Waals surface area contributed by atoms with E-state index in [4.69, 9.17) is 10.5 Å². The SMILES string of the molecule is Cc1ccc(CC2Oc3cc(N)ccc3NC2=O)cc1C. The van der Waals surface area contributed by atoms with Crippen molar-refractivity contribution in [2.45, 2.75) is 26.4 Å². The van der Waals surface area contributed by atoms with E-state index in [1.807, 2.05) is 6.07 Å². The Bertz CT molecular complexity index is 710. The van der Waals surface area contributed by atoms with Crippen LogP contribution in [0.2, 0.25) is 0 Å². The Balaban J connectivity index is 1.83. The number of hydrogen-bond donors (Lipinski definition) is 2. The Labute approximate surface area is 123 Å². The standard InChI is InChI=1S/C17H18N2O2/c1-10-3-4-12(7-11(10)2)8-16-17(20)19-14-6-5-13(18)9-15(14)21-16/h3-7,9,16H,8,18H2,1-2H3,(H,19,20). The van der Waals surface area contributed by atoms with Crippen molar-refractivity contribution in [3.8, 4) is 5.75 Å². The number of nitrogen functional groups attached to an aromatic ring is 1. The Hall–Kier alpha value is -2.49. The quantitative estimate of drug-likeness (QED) is 0.832. The highest BCUT2D eigenvalue weighted by molar-refractivity contribution is 5.98. The highest BCUT2D eigenvalue weighted by atomic mass is 16.5. The molecule has 0 bridgehead atoms. The Kier molecular flexibility index (Phi) is 3.29. The van der Waals surface area contributed by atoms with Crippen LogP contribution in [0.15, 0.2) is 36.4 Å². The average molecular weight is 282 g/mol. The van der Waals surface area contributed by atoms with Crippen molar-refractivity contribution in [2.75, 3.05) is 11.1 Å². The van der Waals surface area contributed by atoms with E-state index >= 15 is 0 Å². The summed E-state index contributed by atoms with van der Waals surface area (Å²) < 4.78 is 5.81. The molecule has 0 aliphatic carbocycles. The van der Waals surface area contributed by atoms with Gasteiger partial charge in [-0.2, -0.15) is 0 Å². The van der Waals surface area contributed by atoms with E-state index in [1.165, 1.54) is 11.1 Å². The molecule has 3 N–H and O–H groups in total. The van der Waals surface area contributed by atoms with Gasteiger partial charge in [0.15, 0.2) is 6.10 Å². The van der Waals surface area contributed by atoms with Gasteiger partial charge in [0, 0.05) is 18.2 Å². The zero-order valence-corrected chi connectivity index (χ0v) is 12.1. The molecule has 2 aromatic rings. The summed E-state index contributed by atoms with van der Waals surface area (Å²) in [6.45, 7) is 4.14. The van der Waals surface area contributed by atoms with Crippen LogP contribution in [0.3, 0.4) is 0 Å². The van der Waals surface area contributed by atoms with E-state index in [0.717, 1.165) is 5.56 Å². The van der Waals surface area contributed by atoms with Crippen LogP contribution in [-0.2, 0) is 11.2 Å². The number of aryl methyl sites for hydroxylation is 2. The average Bonchev–Trinajstić information content (AvgIpc) is 2.44. The van der Waals surface area contributed by atoms with Gasteiger partial charge in [-0.05, 0) is 42.7 Å². The molecule has 2 aromatic carbocycles. The second kappa shape index (κ2) is 5.13. The van der Waals surface area contributed by atoms with E-state index in [9.17, 15) is 4.79 Å². The van der Waals surface area contributed by atoms with Gasteiger partial charge in [-0.1, -0.05) is 18.2 Å². The molecule has 0 radical (unpaired) electrons. The van der Waals surface area contributed by atoms with Crippen LogP contribution in [0.25, 0.3) is 0 Å². The van der Waals surface area contributed by atoms with Gasteiger partial charge in [-0.15, -0.1) is 0 Å². The molecular formula is C17H18N2O2. The molecule has 0 fully saturated rings. The van der Waals surface area contributed by atoms with E-state index in [1.54, 1.807) is 18.2 Å². The number of ether oxygens (including phenoxy) is 1. The fraction of sp³-hybridized carbons (Fsp3) is 0.235. The first-order valence-electron chi connectivity index (χ1n) is 6.96. The lowest BCUT2D eigenvalue weighted by atomic mass is 10.0. The van der Waals surface area contributed by atoms with E-state index in [0.29, 0.717) is 23.5 Å². The molecule has 4 nitrogen and oxygen atoms in total. The van der Waals surface area contributed by atoms with Gasteiger partial charge < -0.3 is 15.8 Å². The third kappa shape index (κ3) is 2.70. The van der Waals surface area contributed by atoms with Crippen molar-refractivity contribution in [2.24, 2.45) is 0 Å². The molecule has 0 aromatic heterocycles. The van der Waals surface area contributed by atoms with Gasteiger partial charge in [0.25, 0.3) is 5.91 Å². The number of carbonyl (C=O) groups is 1. The lowest BCUT2D eigenvalue weighted by molar-refractivity contribution is -0.123. The van der Waals surface area contributed by atoms with Crippen molar-refractivity contribution in [3.05, 3.63) is 53.1 Å². The number of carbonyl (C=O) groups excluding carboxylic acids is 1. The zero-order valence-electron chi connectivity index (χ0n) is 12.1. The van der Waals surface area contributed by atoms with Crippen LogP contribution < -0.4 is 15.8 Å². The summed E-state index contributed by atoms with van der Waals surface area (Å²) in [5, 5.41) is 2.86. The summed E-state index contributed by atoms with van der Waals surface area (Å²) in [5.41, 5.74) is 10.6.